The first kappa shape index (κ1) is 15.4. The monoisotopic (exact) mass is 228 g/mol. The molecule has 0 N–H and O–H groups in total. The quantitative estimate of drug-likeness (QED) is 0.552. The first-order valence-corrected chi connectivity index (χ1v) is 6.30. The molecule has 92 valence electrons. The largest absolute Gasteiger partial charge is 0.0807 e. The summed E-state index contributed by atoms with van der Waals surface area (Å²) in [7, 11) is 0. The number of rotatable bonds is 0. The van der Waals surface area contributed by atoms with Crippen LogP contribution in [0.3, 0.4) is 0 Å². The lowest BCUT2D eigenvalue weighted by atomic mass is 10.2. The van der Waals surface area contributed by atoms with Crippen LogP contribution in [0.15, 0.2) is 66.3 Å². The highest BCUT2D eigenvalue weighted by Gasteiger charge is 1.80. The molecule has 0 spiro atoms. The zero-order chi connectivity index (χ0) is 12.9. The summed E-state index contributed by atoms with van der Waals surface area (Å²) in [6.07, 6.45) is 11.7. The van der Waals surface area contributed by atoms with E-state index in [-0.39, 0.29) is 0 Å². The molecular formula is C17H24. The van der Waals surface area contributed by atoms with E-state index in [2.05, 4.69) is 56.4 Å². The number of hydrogen-bond acceptors (Lipinski definition) is 0. The minimum absolute atomic E-state index is 1.08. The van der Waals surface area contributed by atoms with Crippen LogP contribution in [0.4, 0.5) is 0 Å². The first-order valence-electron chi connectivity index (χ1n) is 6.30. The fraction of sp³-hybridized carbons (Fsp3) is 0.294. The maximum atomic E-state index is 2.16. The van der Waals surface area contributed by atoms with Gasteiger partial charge in [-0.25, -0.2) is 0 Å². The number of aryl methyl sites for hydroxylation is 1. The Hall–Kier alpha value is -1.56. The molecule has 0 atom stereocenters. The smallest absolute Gasteiger partial charge is 0.0163 e. The van der Waals surface area contributed by atoms with Gasteiger partial charge in [-0.15, -0.1) is 0 Å². The van der Waals surface area contributed by atoms with Crippen molar-refractivity contribution in [2.24, 2.45) is 0 Å². The second-order valence-corrected chi connectivity index (χ2v) is 3.63. The fourth-order valence-electron chi connectivity index (χ4n) is 1.22. The van der Waals surface area contributed by atoms with Crippen molar-refractivity contribution >= 4 is 0 Å². The van der Waals surface area contributed by atoms with E-state index in [1.54, 1.807) is 0 Å². The molecule has 0 unspecified atom stereocenters. The predicted molar refractivity (Wildman–Crippen MR) is 79.2 cm³/mol. The average Bonchev–Trinajstić information content (AvgIpc) is 2.61. The molecule has 1 aromatic carbocycles. The standard InChI is InChI=1S/C8H10.C7H8.C2H6/c1-8-6-4-2-3-5-7-8;1-7-5-3-2-4-6-7;1-2/h2,4-7H,3H2,1H3;2-6H,1H3;1-2H3. The third-order valence-electron chi connectivity index (χ3n) is 2.09. The molecule has 0 saturated carbocycles. The maximum absolute atomic E-state index is 2.16. The summed E-state index contributed by atoms with van der Waals surface area (Å²) >= 11 is 0. The summed E-state index contributed by atoms with van der Waals surface area (Å²) in [4.78, 5) is 0. The van der Waals surface area contributed by atoms with Gasteiger partial charge in [0.05, 0.1) is 0 Å². The average molecular weight is 228 g/mol. The molecule has 0 amide bonds. The van der Waals surface area contributed by atoms with E-state index in [0.29, 0.717) is 0 Å². The van der Waals surface area contributed by atoms with Gasteiger partial charge in [0, 0.05) is 0 Å². The van der Waals surface area contributed by atoms with E-state index in [1.165, 1.54) is 11.1 Å². The molecule has 1 aliphatic carbocycles. The molecule has 2 rings (SSSR count). The number of allylic oxidation sites excluding steroid dienone is 6. The topological polar surface area (TPSA) is 0 Å². The summed E-state index contributed by atoms with van der Waals surface area (Å²) in [6, 6.07) is 10.3. The van der Waals surface area contributed by atoms with Crippen molar-refractivity contribution in [1.29, 1.82) is 0 Å². The van der Waals surface area contributed by atoms with Crippen molar-refractivity contribution in [3.63, 3.8) is 0 Å². The van der Waals surface area contributed by atoms with E-state index in [0.717, 1.165) is 6.42 Å². The lowest BCUT2D eigenvalue weighted by Crippen LogP contribution is -1.62. The molecule has 0 bridgehead atoms. The Bertz CT molecular complexity index is 353. The van der Waals surface area contributed by atoms with Gasteiger partial charge in [-0.05, 0) is 20.3 Å². The zero-order valence-corrected chi connectivity index (χ0v) is 11.5. The van der Waals surface area contributed by atoms with Gasteiger partial charge >= 0.3 is 0 Å². The Morgan fingerprint density at radius 2 is 1.53 bits per heavy atom. The van der Waals surface area contributed by atoms with Gasteiger partial charge < -0.3 is 0 Å². The Morgan fingerprint density at radius 3 is 2.06 bits per heavy atom. The van der Waals surface area contributed by atoms with Crippen LogP contribution in [0, 0.1) is 6.92 Å². The molecule has 0 aliphatic heterocycles. The normalized spacial score (nSPS) is 12.4. The van der Waals surface area contributed by atoms with Crippen molar-refractivity contribution in [2.75, 3.05) is 0 Å². The predicted octanol–water partition coefficient (Wildman–Crippen LogP) is 5.47. The minimum atomic E-state index is 1.08. The molecule has 1 aliphatic rings. The van der Waals surface area contributed by atoms with Crippen molar-refractivity contribution < 1.29 is 0 Å². The summed E-state index contributed by atoms with van der Waals surface area (Å²) in [5.41, 5.74) is 2.65. The highest BCUT2D eigenvalue weighted by atomic mass is 13.9. The molecule has 17 heavy (non-hydrogen) atoms. The Kier molecular flexibility index (Phi) is 9.94. The van der Waals surface area contributed by atoms with Crippen LogP contribution in [-0.2, 0) is 0 Å². The van der Waals surface area contributed by atoms with E-state index >= 15 is 0 Å². The fourth-order valence-corrected chi connectivity index (χ4v) is 1.22. The van der Waals surface area contributed by atoms with Gasteiger partial charge in [-0.1, -0.05) is 85.7 Å². The third kappa shape index (κ3) is 9.37. The van der Waals surface area contributed by atoms with Gasteiger partial charge in [0.15, 0.2) is 0 Å². The Labute approximate surface area is 106 Å². The molecule has 0 fully saturated rings. The molecular weight excluding hydrogens is 204 g/mol. The van der Waals surface area contributed by atoms with Gasteiger partial charge in [-0.2, -0.15) is 0 Å². The second-order valence-electron chi connectivity index (χ2n) is 3.63. The highest BCUT2D eigenvalue weighted by Crippen LogP contribution is 2.01. The zero-order valence-electron chi connectivity index (χ0n) is 11.5. The van der Waals surface area contributed by atoms with Crippen LogP contribution < -0.4 is 0 Å². The van der Waals surface area contributed by atoms with E-state index < -0.39 is 0 Å². The molecule has 1 aromatic rings. The summed E-state index contributed by atoms with van der Waals surface area (Å²) < 4.78 is 0. The van der Waals surface area contributed by atoms with Crippen molar-refractivity contribution in [3.8, 4) is 0 Å². The summed E-state index contributed by atoms with van der Waals surface area (Å²) in [5.74, 6) is 0. The molecule has 0 heterocycles. The van der Waals surface area contributed by atoms with Crippen LogP contribution in [0.2, 0.25) is 0 Å². The van der Waals surface area contributed by atoms with Crippen molar-refractivity contribution in [3.05, 3.63) is 71.8 Å². The summed E-state index contributed by atoms with van der Waals surface area (Å²) in [6.45, 7) is 8.19. The lowest BCUT2D eigenvalue weighted by Gasteiger charge is -1.82. The van der Waals surface area contributed by atoms with Crippen LogP contribution in [-0.4, -0.2) is 0 Å². The minimum Gasteiger partial charge on any atom is -0.0807 e. The van der Waals surface area contributed by atoms with Gasteiger partial charge in [-0.3, -0.25) is 0 Å². The molecule has 0 aromatic heterocycles. The van der Waals surface area contributed by atoms with E-state index in [9.17, 15) is 0 Å². The van der Waals surface area contributed by atoms with Gasteiger partial charge in [0.25, 0.3) is 0 Å². The third-order valence-corrected chi connectivity index (χ3v) is 2.09. The van der Waals surface area contributed by atoms with Crippen molar-refractivity contribution in [1.82, 2.24) is 0 Å². The van der Waals surface area contributed by atoms with Crippen LogP contribution >= 0.6 is 0 Å². The number of hydrogen-bond donors (Lipinski definition) is 0. The molecule has 0 saturated heterocycles. The molecule has 0 radical (unpaired) electrons. The Balaban J connectivity index is 0.000000265. The van der Waals surface area contributed by atoms with Crippen LogP contribution in [0.25, 0.3) is 0 Å². The second kappa shape index (κ2) is 10.9. The molecule has 0 nitrogen and oxygen atoms in total. The SMILES string of the molecule is CC.CC1=CC=CCC=C1.Cc1ccccc1. The van der Waals surface area contributed by atoms with E-state index in [1.807, 2.05) is 32.0 Å². The van der Waals surface area contributed by atoms with Crippen LogP contribution in [0.5, 0.6) is 0 Å². The first-order chi connectivity index (χ1) is 8.29. The van der Waals surface area contributed by atoms with Crippen LogP contribution in [0.1, 0.15) is 32.8 Å². The van der Waals surface area contributed by atoms with Crippen molar-refractivity contribution in [2.45, 2.75) is 34.1 Å². The van der Waals surface area contributed by atoms with E-state index in [4.69, 9.17) is 0 Å². The Morgan fingerprint density at radius 1 is 0.882 bits per heavy atom. The summed E-state index contributed by atoms with van der Waals surface area (Å²) in [5, 5.41) is 0. The highest BCUT2D eigenvalue weighted by molar-refractivity contribution is 5.24. The lowest BCUT2D eigenvalue weighted by molar-refractivity contribution is 1.40. The maximum Gasteiger partial charge on any atom is -0.0163 e. The number of benzene rings is 1. The molecule has 0 heteroatoms. The van der Waals surface area contributed by atoms with Gasteiger partial charge in [0.2, 0.25) is 0 Å². The van der Waals surface area contributed by atoms with Gasteiger partial charge in [0.1, 0.15) is 0 Å².